The molecule has 3 rings (SSSR count). The van der Waals surface area contributed by atoms with E-state index in [4.69, 9.17) is 9.72 Å². The number of thiazole rings is 1. The second kappa shape index (κ2) is 6.12. The Hall–Kier alpha value is -0.450. The summed E-state index contributed by atoms with van der Waals surface area (Å²) in [5.74, 6) is 0.678. The molecule has 2 aliphatic rings. The smallest absolute Gasteiger partial charge is 0.0898 e. The van der Waals surface area contributed by atoms with Crippen molar-refractivity contribution in [3.8, 4) is 0 Å². The molecule has 0 radical (unpaired) electrons. The van der Waals surface area contributed by atoms with E-state index in [2.05, 4.69) is 24.5 Å². The minimum atomic E-state index is 0.222. The fraction of sp³-hybridized carbons (Fsp3) is 0.812. The monoisotopic (exact) mass is 294 g/mol. The van der Waals surface area contributed by atoms with Gasteiger partial charge in [-0.1, -0.05) is 6.92 Å². The maximum absolute atomic E-state index is 6.08. The van der Waals surface area contributed by atoms with Crippen molar-refractivity contribution in [3.05, 3.63) is 16.1 Å². The van der Waals surface area contributed by atoms with Crippen molar-refractivity contribution >= 4 is 11.3 Å². The van der Waals surface area contributed by atoms with E-state index >= 15 is 0 Å². The molecule has 20 heavy (non-hydrogen) atoms. The number of aryl methyl sites for hydroxylation is 1. The quantitative estimate of drug-likeness (QED) is 0.896. The lowest BCUT2D eigenvalue weighted by atomic mass is 9.70. The third-order valence-electron chi connectivity index (χ3n) is 4.84. The highest BCUT2D eigenvalue weighted by Crippen LogP contribution is 2.47. The Balaban J connectivity index is 1.74. The Labute approximate surface area is 126 Å². The lowest BCUT2D eigenvalue weighted by Gasteiger charge is -2.48. The fourth-order valence-electron chi connectivity index (χ4n) is 3.61. The third kappa shape index (κ3) is 2.92. The summed E-state index contributed by atoms with van der Waals surface area (Å²) in [6.45, 7) is 6.33. The minimum absolute atomic E-state index is 0.222. The Kier molecular flexibility index (Phi) is 4.43. The SMILES string of the molecule is CCCNC(c1csc(C)n1)C1CCOC2(CCC2)C1. The topological polar surface area (TPSA) is 34.2 Å². The van der Waals surface area contributed by atoms with Gasteiger partial charge >= 0.3 is 0 Å². The first-order chi connectivity index (χ1) is 9.72. The standard InChI is InChI=1S/C16H26N2OS/c1-3-8-17-15(14-11-20-12(2)18-14)13-5-9-19-16(10-13)6-4-7-16/h11,13,15,17H,3-10H2,1-2H3. The summed E-state index contributed by atoms with van der Waals surface area (Å²) in [5, 5.41) is 7.16. The van der Waals surface area contributed by atoms with Gasteiger partial charge < -0.3 is 10.1 Å². The van der Waals surface area contributed by atoms with Crippen molar-refractivity contribution in [2.75, 3.05) is 13.2 Å². The number of hydrogen-bond donors (Lipinski definition) is 1. The van der Waals surface area contributed by atoms with Crippen LogP contribution in [0.5, 0.6) is 0 Å². The van der Waals surface area contributed by atoms with Gasteiger partial charge in [-0.3, -0.25) is 0 Å². The molecular formula is C16H26N2OS. The van der Waals surface area contributed by atoms with Crippen LogP contribution in [0.4, 0.5) is 0 Å². The molecule has 1 aromatic heterocycles. The molecular weight excluding hydrogens is 268 g/mol. The van der Waals surface area contributed by atoms with Crippen molar-refractivity contribution in [2.24, 2.45) is 5.92 Å². The van der Waals surface area contributed by atoms with Crippen LogP contribution in [-0.2, 0) is 4.74 Å². The number of aromatic nitrogens is 1. The van der Waals surface area contributed by atoms with E-state index in [9.17, 15) is 0 Å². The number of rotatable bonds is 5. The maximum Gasteiger partial charge on any atom is 0.0898 e. The molecule has 1 saturated carbocycles. The predicted octanol–water partition coefficient (Wildman–Crippen LogP) is 3.84. The van der Waals surface area contributed by atoms with Crippen LogP contribution < -0.4 is 5.32 Å². The Morgan fingerprint density at radius 3 is 3.00 bits per heavy atom. The van der Waals surface area contributed by atoms with Crippen molar-refractivity contribution < 1.29 is 4.74 Å². The van der Waals surface area contributed by atoms with Crippen LogP contribution in [0, 0.1) is 12.8 Å². The van der Waals surface area contributed by atoms with E-state index < -0.39 is 0 Å². The van der Waals surface area contributed by atoms with Crippen LogP contribution in [0.1, 0.15) is 62.2 Å². The molecule has 0 bridgehead atoms. The van der Waals surface area contributed by atoms with E-state index in [1.165, 1.54) is 49.2 Å². The molecule has 1 aliphatic heterocycles. The summed E-state index contributed by atoms with van der Waals surface area (Å²) in [7, 11) is 0. The third-order valence-corrected chi connectivity index (χ3v) is 5.63. The van der Waals surface area contributed by atoms with Gasteiger partial charge in [0.1, 0.15) is 0 Å². The molecule has 2 heterocycles. The summed E-state index contributed by atoms with van der Waals surface area (Å²) in [5.41, 5.74) is 1.47. The van der Waals surface area contributed by atoms with Gasteiger partial charge in [0.25, 0.3) is 0 Å². The molecule has 1 spiro atoms. The summed E-state index contributed by atoms with van der Waals surface area (Å²) < 4.78 is 6.08. The Morgan fingerprint density at radius 2 is 2.40 bits per heavy atom. The van der Waals surface area contributed by atoms with Crippen LogP contribution in [0.2, 0.25) is 0 Å². The average Bonchev–Trinajstić information content (AvgIpc) is 2.84. The largest absolute Gasteiger partial charge is 0.375 e. The van der Waals surface area contributed by atoms with Gasteiger partial charge in [0.05, 0.1) is 22.3 Å². The molecule has 4 heteroatoms. The first kappa shape index (κ1) is 14.5. The maximum atomic E-state index is 6.08. The zero-order chi connectivity index (χ0) is 14.0. The molecule has 1 saturated heterocycles. The minimum Gasteiger partial charge on any atom is -0.375 e. The highest BCUT2D eigenvalue weighted by Gasteiger charge is 2.44. The van der Waals surface area contributed by atoms with Gasteiger partial charge in [-0.05, 0) is 57.9 Å². The first-order valence-electron chi connectivity index (χ1n) is 8.02. The predicted molar refractivity (Wildman–Crippen MR) is 83.1 cm³/mol. The van der Waals surface area contributed by atoms with Crippen molar-refractivity contribution in [1.82, 2.24) is 10.3 Å². The molecule has 1 N–H and O–H groups in total. The second-order valence-electron chi connectivity index (χ2n) is 6.36. The molecule has 2 fully saturated rings. The van der Waals surface area contributed by atoms with Crippen LogP contribution in [-0.4, -0.2) is 23.7 Å². The van der Waals surface area contributed by atoms with E-state index in [0.717, 1.165) is 13.2 Å². The van der Waals surface area contributed by atoms with Crippen LogP contribution >= 0.6 is 11.3 Å². The highest BCUT2D eigenvalue weighted by atomic mass is 32.1. The molecule has 0 aromatic carbocycles. The van der Waals surface area contributed by atoms with Crippen LogP contribution in [0.15, 0.2) is 5.38 Å². The van der Waals surface area contributed by atoms with Crippen molar-refractivity contribution in [2.45, 2.75) is 64.0 Å². The van der Waals surface area contributed by atoms with Gasteiger partial charge in [0.2, 0.25) is 0 Å². The summed E-state index contributed by atoms with van der Waals surface area (Å²) >= 11 is 1.77. The van der Waals surface area contributed by atoms with Crippen LogP contribution in [0.3, 0.4) is 0 Å². The molecule has 2 unspecified atom stereocenters. The molecule has 112 valence electrons. The zero-order valence-corrected chi connectivity index (χ0v) is 13.5. The summed E-state index contributed by atoms with van der Waals surface area (Å²) in [4.78, 5) is 4.75. The van der Waals surface area contributed by atoms with E-state index in [1.54, 1.807) is 11.3 Å². The number of ether oxygens (including phenoxy) is 1. The lowest BCUT2D eigenvalue weighted by Crippen LogP contribution is -2.48. The fourth-order valence-corrected chi connectivity index (χ4v) is 4.25. The lowest BCUT2D eigenvalue weighted by molar-refractivity contribution is -0.147. The second-order valence-corrected chi connectivity index (χ2v) is 7.42. The number of nitrogens with one attached hydrogen (secondary N) is 1. The van der Waals surface area contributed by atoms with Gasteiger partial charge in [0.15, 0.2) is 0 Å². The molecule has 3 nitrogen and oxygen atoms in total. The number of hydrogen-bond acceptors (Lipinski definition) is 4. The van der Waals surface area contributed by atoms with Gasteiger partial charge in [0, 0.05) is 12.0 Å². The average molecular weight is 294 g/mol. The Morgan fingerprint density at radius 1 is 1.55 bits per heavy atom. The van der Waals surface area contributed by atoms with E-state index in [0.29, 0.717) is 12.0 Å². The van der Waals surface area contributed by atoms with Crippen molar-refractivity contribution in [1.29, 1.82) is 0 Å². The van der Waals surface area contributed by atoms with E-state index in [-0.39, 0.29) is 5.60 Å². The molecule has 1 aromatic rings. The molecule has 0 amide bonds. The summed E-state index contributed by atoms with van der Waals surface area (Å²) in [6.07, 6.45) is 7.43. The molecule has 2 atom stereocenters. The van der Waals surface area contributed by atoms with Gasteiger partial charge in [-0.2, -0.15) is 0 Å². The molecule has 1 aliphatic carbocycles. The normalized spacial score (nSPS) is 26.4. The first-order valence-corrected chi connectivity index (χ1v) is 8.90. The van der Waals surface area contributed by atoms with E-state index in [1.807, 2.05) is 0 Å². The van der Waals surface area contributed by atoms with Crippen LogP contribution in [0.25, 0.3) is 0 Å². The van der Waals surface area contributed by atoms with Gasteiger partial charge in [-0.15, -0.1) is 11.3 Å². The summed E-state index contributed by atoms with van der Waals surface area (Å²) in [6, 6.07) is 0.418. The zero-order valence-electron chi connectivity index (χ0n) is 12.7. The Bertz CT molecular complexity index is 441. The van der Waals surface area contributed by atoms with Crippen molar-refractivity contribution in [3.63, 3.8) is 0 Å². The van der Waals surface area contributed by atoms with Gasteiger partial charge in [-0.25, -0.2) is 4.98 Å². The number of nitrogens with zero attached hydrogens (tertiary/aromatic N) is 1. The highest BCUT2D eigenvalue weighted by molar-refractivity contribution is 7.09.